The zero-order valence-electron chi connectivity index (χ0n) is 8.68. The standard InChI is InChI=1S/C11H9IN2O3/c12-7-2-1-3-8(4-7)13-6-9-5-10(11(15)16)14-17-9/h1-5,13H,6H2,(H,15,16). The molecule has 6 heteroatoms. The van der Waals surface area contributed by atoms with E-state index in [2.05, 4.69) is 33.1 Å². The molecule has 0 saturated heterocycles. The van der Waals surface area contributed by atoms with E-state index in [0.29, 0.717) is 12.3 Å². The number of aromatic nitrogens is 1. The van der Waals surface area contributed by atoms with Crippen molar-refractivity contribution in [1.29, 1.82) is 0 Å². The van der Waals surface area contributed by atoms with E-state index in [1.165, 1.54) is 6.07 Å². The molecule has 0 unspecified atom stereocenters. The topological polar surface area (TPSA) is 75.4 Å². The first-order valence-corrected chi connectivity index (χ1v) is 5.91. The molecular weight excluding hydrogens is 335 g/mol. The van der Waals surface area contributed by atoms with Crippen LogP contribution in [0.2, 0.25) is 0 Å². The monoisotopic (exact) mass is 344 g/mol. The predicted octanol–water partition coefficient (Wildman–Crippen LogP) is 2.59. The average Bonchev–Trinajstić information content (AvgIpc) is 2.75. The maximum absolute atomic E-state index is 10.6. The highest BCUT2D eigenvalue weighted by atomic mass is 127. The zero-order chi connectivity index (χ0) is 12.3. The number of carboxylic acid groups (broad SMARTS) is 1. The van der Waals surface area contributed by atoms with E-state index in [1.54, 1.807) is 0 Å². The first-order valence-electron chi connectivity index (χ1n) is 4.83. The summed E-state index contributed by atoms with van der Waals surface area (Å²) < 4.78 is 6.00. The summed E-state index contributed by atoms with van der Waals surface area (Å²) in [7, 11) is 0. The Morgan fingerprint density at radius 3 is 2.94 bits per heavy atom. The molecule has 0 amide bonds. The van der Waals surface area contributed by atoms with Crippen LogP contribution in [0.25, 0.3) is 0 Å². The van der Waals surface area contributed by atoms with Gasteiger partial charge >= 0.3 is 5.97 Å². The third-order valence-corrected chi connectivity index (χ3v) is 2.74. The van der Waals surface area contributed by atoms with Crippen molar-refractivity contribution in [3.05, 3.63) is 45.4 Å². The second kappa shape index (κ2) is 5.17. The molecule has 17 heavy (non-hydrogen) atoms. The van der Waals surface area contributed by atoms with Gasteiger partial charge in [-0.25, -0.2) is 4.79 Å². The van der Waals surface area contributed by atoms with E-state index in [0.717, 1.165) is 9.26 Å². The van der Waals surface area contributed by atoms with Crippen LogP contribution in [0.1, 0.15) is 16.2 Å². The van der Waals surface area contributed by atoms with E-state index in [4.69, 9.17) is 9.63 Å². The van der Waals surface area contributed by atoms with Gasteiger partial charge in [0.2, 0.25) is 0 Å². The molecule has 2 aromatic rings. The van der Waals surface area contributed by atoms with Crippen LogP contribution in [0.15, 0.2) is 34.9 Å². The average molecular weight is 344 g/mol. The normalized spacial score (nSPS) is 10.2. The Morgan fingerprint density at radius 2 is 2.29 bits per heavy atom. The summed E-state index contributed by atoms with van der Waals surface area (Å²) in [6.45, 7) is 0.403. The first-order chi connectivity index (χ1) is 8.15. The van der Waals surface area contributed by atoms with Crippen LogP contribution in [0.3, 0.4) is 0 Å². The van der Waals surface area contributed by atoms with Crippen molar-refractivity contribution in [3.8, 4) is 0 Å². The van der Waals surface area contributed by atoms with Crippen molar-refractivity contribution in [2.45, 2.75) is 6.54 Å². The van der Waals surface area contributed by atoms with Crippen LogP contribution in [-0.2, 0) is 6.54 Å². The number of nitrogens with zero attached hydrogens (tertiary/aromatic N) is 1. The minimum Gasteiger partial charge on any atom is -0.476 e. The molecule has 0 saturated carbocycles. The molecule has 1 heterocycles. The zero-order valence-corrected chi connectivity index (χ0v) is 10.8. The van der Waals surface area contributed by atoms with Gasteiger partial charge in [-0.1, -0.05) is 11.2 Å². The number of halogens is 1. The predicted molar refractivity (Wildman–Crippen MR) is 69.9 cm³/mol. The Kier molecular flexibility index (Phi) is 3.62. The number of carbonyl (C=O) groups is 1. The van der Waals surface area contributed by atoms with E-state index in [1.807, 2.05) is 24.3 Å². The number of rotatable bonds is 4. The Bertz CT molecular complexity index is 539. The van der Waals surface area contributed by atoms with Crippen molar-refractivity contribution >= 4 is 34.2 Å². The summed E-state index contributed by atoms with van der Waals surface area (Å²) in [6, 6.07) is 9.24. The fourth-order valence-electron chi connectivity index (χ4n) is 1.28. The number of aromatic carboxylic acids is 1. The van der Waals surface area contributed by atoms with E-state index >= 15 is 0 Å². The molecule has 0 aliphatic heterocycles. The van der Waals surface area contributed by atoms with Crippen LogP contribution in [-0.4, -0.2) is 16.2 Å². The lowest BCUT2D eigenvalue weighted by Crippen LogP contribution is -1.98. The quantitative estimate of drug-likeness (QED) is 0.834. The second-order valence-electron chi connectivity index (χ2n) is 3.35. The molecule has 0 spiro atoms. The largest absolute Gasteiger partial charge is 0.476 e. The van der Waals surface area contributed by atoms with E-state index < -0.39 is 5.97 Å². The Hall–Kier alpha value is -1.57. The van der Waals surface area contributed by atoms with Gasteiger partial charge in [0.15, 0.2) is 11.5 Å². The van der Waals surface area contributed by atoms with Crippen LogP contribution < -0.4 is 5.32 Å². The summed E-state index contributed by atoms with van der Waals surface area (Å²) in [5.74, 6) is -0.601. The summed E-state index contributed by atoms with van der Waals surface area (Å²) in [5, 5.41) is 15.2. The highest BCUT2D eigenvalue weighted by Gasteiger charge is 2.10. The SMILES string of the molecule is O=C(O)c1cc(CNc2cccc(I)c2)on1. The molecule has 2 rings (SSSR count). The molecule has 2 N–H and O–H groups in total. The fourth-order valence-corrected chi connectivity index (χ4v) is 1.83. The van der Waals surface area contributed by atoms with Gasteiger partial charge in [-0.15, -0.1) is 0 Å². The molecule has 1 aromatic heterocycles. The van der Waals surface area contributed by atoms with E-state index in [9.17, 15) is 4.79 Å². The Morgan fingerprint density at radius 1 is 1.47 bits per heavy atom. The summed E-state index contributed by atoms with van der Waals surface area (Å²) >= 11 is 2.22. The van der Waals surface area contributed by atoms with Crippen molar-refractivity contribution < 1.29 is 14.4 Å². The molecule has 0 atom stereocenters. The molecular formula is C11H9IN2O3. The van der Waals surface area contributed by atoms with Gasteiger partial charge < -0.3 is 14.9 Å². The lowest BCUT2D eigenvalue weighted by atomic mass is 10.3. The van der Waals surface area contributed by atoms with Crippen molar-refractivity contribution in [1.82, 2.24) is 5.16 Å². The van der Waals surface area contributed by atoms with Crippen molar-refractivity contribution in [2.75, 3.05) is 5.32 Å². The van der Waals surface area contributed by atoms with Crippen molar-refractivity contribution in [3.63, 3.8) is 0 Å². The number of nitrogens with one attached hydrogen (secondary N) is 1. The molecule has 0 aliphatic carbocycles. The number of anilines is 1. The smallest absolute Gasteiger partial charge is 0.358 e. The maximum atomic E-state index is 10.6. The first kappa shape index (κ1) is 11.9. The molecule has 0 aliphatic rings. The van der Waals surface area contributed by atoms with Crippen LogP contribution in [0.5, 0.6) is 0 Å². The van der Waals surface area contributed by atoms with Crippen LogP contribution >= 0.6 is 22.6 Å². The van der Waals surface area contributed by atoms with E-state index in [-0.39, 0.29) is 5.69 Å². The summed E-state index contributed by atoms with van der Waals surface area (Å²) in [4.78, 5) is 10.6. The summed E-state index contributed by atoms with van der Waals surface area (Å²) in [6.07, 6.45) is 0. The lowest BCUT2D eigenvalue weighted by molar-refractivity contribution is 0.0685. The van der Waals surface area contributed by atoms with Crippen LogP contribution in [0.4, 0.5) is 5.69 Å². The van der Waals surface area contributed by atoms with Crippen LogP contribution in [0, 0.1) is 3.57 Å². The second-order valence-corrected chi connectivity index (χ2v) is 4.59. The minimum absolute atomic E-state index is 0.0792. The molecule has 5 nitrogen and oxygen atoms in total. The Balaban J connectivity index is 2.00. The lowest BCUT2D eigenvalue weighted by Gasteiger charge is -2.03. The van der Waals surface area contributed by atoms with Gasteiger partial charge in [0.1, 0.15) is 0 Å². The third kappa shape index (κ3) is 3.19. The van der Waals surface area contributed by atoms with Gasteiger partial charge in [0.05, 0.1) is 6.54 Å². The summed E-state index contributed by atoms with van der Waals surface area (Å²) in [5.41, 5.74) is 0.870. The number of hydrogen-bond donors (Lipinski definition) is 2. The number of carboxylic acids is 1. The molecule has 0 radical (unpaired) electrons. The number of hydrogen-bond acceptors (Lipinski definition) is 4. The minimum atomic E-state index is -1.09. The van der Waals surface area contributed by atoms with Gasteiger partial charge in [0, 0.05) is 15.3 Å². The number of benzene rings is 1. The molecule has 88 valence electrons. The maximum Gasteiger partial charge on any atom is 0.358 e. The molecule has 1 aromatic carbocycles. The Labute approximate surface area is 111 Å². The molecule has 0 fully saturated rings. The fraction of sp³-hybridized carbons (Fsp3) is 0.0909. The third-order valence-electron chi connectivity index (χ3n) is 2.07. The highest BCUT2D eigenvalue weighted by Crippen LogP contribution is 2.14. The highest BCUT2D eigenvalue weighted by molar-refractivity contribution is 14.1. The van der Waals surface area contributed by atoms with Gasteiger partial charge in [-0.3, -0.25) is 0 Å². The van der Waals surface area contributed by atoms with Crippen molar-refractivity contribution in [2.24, 2.45) is 0 Å². The van der Waals surface area contributed by atoms with Gasteiger partial charge in [-0.2, -0.15) is 0 Å². The van der Waals surface area contributed by atoms with Gasteiger partial charge in [0.25, 0.3) is 0 Å². The molecule has 0 bridgehead atoms. The van der Waals surface area contributed by atoms with Gasteiger partial charge in [-0.05, 0) is 40.8 Å².